The third kappa shape index (κ3) is 94.6. The molecule has 3 N–H and O–H groups in total. The molecular weight excluding hydrogens is 817 g/mol. The van der Waals surface area contributed by atoms with Gasteiger partial charge in [0.15, 0.2) is 0 Å². The summed E-state index contributed by atoms with van der Waals surface area (Å²) >= 11 is 0. The van der Waals surface area contributed by atoms with E-state index in [2.05, 4.69) is 133 Å². The monoisotopic (exact) mass is 925 g/mol. The summed E-state index contributed by atoms with van der Waals surface area (Å²) in [6.07, 6.45) is 66.8. The Balaban J connectivity index is -0.000000193. The van der Waals surface area contributed by atoms with Gasteiger partial charge in [-0.15, -0.1) is 39.5 Å². The summed E-state index contributed by atoms with van der Waals surface area (Å²) in [6, 6.07) is 0. The van der Waals surface area contributed by atoms with Gasteiger partial charge in [0, 0.05) is 19.3 Å². The van der Waals surface area contributed by atoms with Gasteiger partial charge >= 0.3 is 17.9 Å². The van der Waals surface area contributed by atoms with Crippen LogP contribution in [0.3, 0.4) is 0 Å². The predicted molar refractivity (Wildman–Crippen MR) is 295 cm³/mol. The van der Waals surface area contributed by atoms with Crippen LogP contribution in [0.2, 0.25) is 0 Å². The van der Waals surface area contributed by atoms with Crippen molar-refractivity contribution in [3.63, 3.8) is 0 Å². The third-order valence-corrected chi connectivity index (χ3v) is 10.1. The molecule has 0 unspecified atom stereocenters. The van der Waals surface area contributed by atoms with E-state index in [1.54, 1.807) is 0 Å². The van der Waals surface area contributed by atoms with Gasteiger partial charge in [0.05, 0.1) is 0 Å². The van der Waals surface area contributed by atoms with Gasteiger partial charge < -0.3 is 15.3 Å². The van der Waals surface area contributed by atoms with Crippen molar-refractivity contribution in [2.75, 3.05) is 0 Å². The molecule has 66 heavy (non-hydrogen) atoms. The molecule has 0 aromatic rings. The van der Waals surface area contributed by atoms with Gasteiger partial charge in [-0.3, -0.25) is 14.4 Å². The van der Waals surface area contributed by atoms with Crippen LogP contribution in [0.25, 0.3) is 0 Å². The van der Waals surface area contributed by atoms with E-state index in [0.717, 1.165) is 64.2 Å². The average molecular weight is 926 g/mol. The van der Waals surface area contributed by atoms with E-state index in [0.29, 0.717) is 19.3 Å². The van der Waals surface area contributed by atoms with Crippen LogP contribution >= 0.6 is 0 Å². The average Bonchev–Trinajstić information content (AvgIpc) is 3.32. The molecule has 0 atom stereocenters. The van der Waals surface area contributed by atoms with Crippen LogP contribution < -0.4 is 0 Å². The summed E-state index contributed by atoms with van der Waals surface area (Å²) in [5, 5.41) is 25.5. The first-order valence-corrected chi connectivity index (χ1v) is 26.4. The normalized spacial score (nSPS) is 10.8. The minimum Gasteiger partial charge on any atom is -0.481 e. The molecule has 0 rings (SSSR count). The second-order valence-electron chi connectivity index (χ2n) is 16.2. The van der Waals surface area contributed by atoms with E-state index in [-0.39, 0.29) is 0 Å². The number of rotatable bonds is 42. The zero-order chi connectivity index (χ0) is 50.7. The lowest BCUT2D eigenvalue weighted by Crippen LogP contribution is -1.93. The van der Waals surface area contributed by atoms with Crippen LogP contribution in [0.1, 0.15) is 252 Å². The second kappa shape index (κ2) is 78.2. The number of carbonyl (C=O) groups is 3. The van der Waals surface area contributed by atoms with Crippen molar-refractivity contribution in [1.29, 1.82) is 0 Å². The highest BCUT2D eigenvalue weighted by Crippen LogP contribution is 2.11. The molecule has 0 amide bonds. The topological polar surface area (TPSA) is 112 Å². The van der Waals surface area contributed by atoms with Gasteiger partial charge in [0.2, 0.25) is 0 Å². The predicted octanol–water partition coefficient (Wildman–Crippen LogP) is 20.1. The van der Waals surface area contributed by atoms with E-state index < -0.39 is 17.9 Å². The molecule has 0 aromatic heterocycles. The molecule has 0 saturated carbocycles. The largest absolute Gasteiger partial charge is 0.481 e. The highest BCUT2D eigenvalue weighted by atomic mass is 16.4. The van der Waals surface area contributed by atoms with Gasteiger partial charge in [-0.25, -0.2) is 0 Å². The van der Waals surface area contributed by atoms with E-state index in [1.807, 2.05) is 0 Å². The number of hydrogen-bond donors (Lipinski definition) is 3. The lowest BCUT2D eigenvalue weighted by atomic mass is 10.1. The Kier molecular flexibility index (Phi) is 87.3. The van der Waals surface area contributed by atoms with E-state index in [9.17, 15) is 14.4 Å². The van der Waals surface area contributed by atoms with Gasteiger partial charge in [-0.1, -0.05) is 216 Å². The zero-order valence-electron chi connectivity index (χ0n) is 43.7. The quantitative estimate of drug-likeness (QED) is 0.0319. The summed E-state index contributed by atoms with van der Waals surface area (Å²) in [6.45, 7) is 24.7. The van der Waals surface area contributed by atoms with Crippen LogP contribution in [0.4, 0.5) is 0 Å². The molecule has 0 aromatic carbocycles. The molecule has 0 saturated heterocycles. The molecule has 0 fully saturated rings. The molecule has 0 radical (unpaired) electrons. The van der Waals surface area contributed by atoms with Crippen LogP contribution in [0, 0.1) is 0 Å². The molecular formula is C60H108O6. The first-order chi connectivity index (χ1) is 32.3. The number of hydrogen-bond acceptors (Lipinski definition) is 3. The lowest BCUT2D eigenvalue weighted by molar-refractivity contribution is -0.138. The third-order valence-electron chi connectivity index (χ3n) is 10.1. The van der Waals surface area contributed by atoms with Crippen molar-refractivity contribution in [3.05, 3.63) is 112 Å². The molecule has 6 heteroatoms. The lowest BCUT2D eigenvalue weighted by Gasteiger charge is -1.99. The zero-order valence-corrected chi connectivity index (χ0v) is 43.7. The van der Waals surface area contributed by atoms with Crippen molar-refractivity contribution in [2.45, 2.75) is 252 Å². The summed E-state index contributed by atoms with van der Waals surface area (Å²) < 4.78 is 0. The Morgan fingerprint density at radius 3 is 0.742 bits per heavy atom. The fraction of sp³-hybridized carbons (Fsp3) is 0.650. The summed E-state index contributed by atoms with van der Waals surface area (Å²) in [7, 11) is 0. The maximum absolute atomic E-state index is 10.3. The van der Waals surface area contributed by atoms with Crippen molar-refractivity contribution >= 4 is 17.9 Å². The molecule has 384 valence electrons. The van der Waals surface area contributed by atoms with Crippen molar-refractivity contribution in [2.24, 2.45) is 0 Å². The Morgan fingerprint density at radius 2 is 0.470 bits per heavy atom. The first kappa shape index (κ1) is 73.6. The Hall–Kier alpha value is -3.93. The Morgan fingerprint density at radius 1 is 0.273 bits per heavy atom. The highest BCUT2D eigenvalue weighted by molar-refractivity contribution is 5.67. The van der Waals surface area contributed by atoms with Crippen molar-refractivity contribution < 1.29 is 29.7 Å². The molecule has 0 aliphatic rings. The highest BCUT2D eigenvalue weighted by Gasteiger charge is 1.98. The number of unbranched alkanes of at least 4 members (excludes halogenated alkanes) is 27. The van der Waals surface area contributed by atoms with E-state index >= 15 is 0 Å². The van der Waals surface area contributed by atoms with Crippen molar-refractivity contribution in [3.8, 4) is 0 Å². The number of allylic oxidation sites excluding steroid dienone is 12. The van der Waals surface area contributed by atoms with Gasteiger partial charge in [0.1, 0.15) is 0 Å². The van der Waals surface area contributed by atoms with Crippen LogP contribution in [0.5, 0.6) is 0 Å². The van der Waals surface area contributed by atoms with Crippen LogP contribution in [0.15, 0.2) is 112 Å². The fourth-order valence-electron chi connectivity index (χ4n) is 6.32. The molecule has 0 heterocycles. The maximum atomic E-state index is 10.3. The van der Waals surface area contributed by atoms with E-state index in [4.69, 9.17) is 15.3 Å². The van der Waals surface area contributed by atoms with Crippen molar-refractivity contribution in [1.82, 2.24) is 0 Å². The minimum absolute atomic E-state index is 0.316. The van der Waals surface area contributed by atoms with Crippen LogP contribution in [-0.4, -0.2) is 33.2 Å². The standard InChI is InChI=1S/C18H34O2.C18H32O2.C18H30O2.3C2H4/c3*1-2-3-4-5-6-7-8-9-10-11-12-13-14-15-16-17-18(19)20;3*1-2/h9-10H,2-8,11-17H2,1H3,(H,19,20);7-10H,2-6,11-17H2,1H3,(H,19,20);5-10H,2-4,11-17H2,1H3,(H,19,20);3*1-2H2/b10-9+;8-7+,10-9+;6-5+,8-7+,10-9+;;;. The molecule has 0 bridgehead atoms. The maximum Gasteiger partial charge on any atom is 0.303 e. The second-order valence-corrected chi connectivity index (χ2v) is 16.2. The number of carboxylic acids is 3. The molecule has 0 spiro atoms. The molecule has 0 aliphatic carbocycles. The minimum atomic E-state index is -0.677. The number of carboxylic acid groups (broad SMARTS) is 3. The molecule has 0 aliphatic heterocycles. The fourth-order valence-corrected chi connectivity index (χ4v) is 6.32. The summed E-state index contributed by atoms with van der Waals surface area (Å²) in [5.74, 6) is -2.01. The summed E-state index contributed by atoms with van der Waals surface area (Å²) in [4.78, 5) is 31.0. The molecule has 6 nitrogen and oxygen atoms in total. The Labute approximate surface area is 410 Å². The number of aliphatic carboxylic acids is 3. The van der Waals surface area contributed by atoms with Gasteiger partial charge in [0.25, 0.3) is 0 Å². The van der Waals surface area contributed by atoms with E-state index in [1.165, 1.54) is 148 Å². The smallest absolute Gasteiger partial charge is 0.303 e. The van der Waals surface area contributed by atoms with Crippen LogP contribution in [-0.2, 0) is 14.4 Å². The first-order valence-electron chi connectivity index (χ1n) is 26.4. The SMILES string of the molecule is C=C.C=C.C=C.CCCC/C=C/C=C/C=C/CCCCCCCC(=O)O.CCCCCC/C=C/C=C/CCCCCCCC(=O)O.CCCCCCCC/C=C/CCCCCCCC(=O)O. The Bertz CT molecular complexity index is 1110. The van der Waals surface area contributed by atoms with Gasteiger partial charge in [-0.2, -0.15) is 0 Å². The summed E-state index contributed by atoms with van der Waals surface area (Å²) in [5.41, 5.74) is 0. The van der Waals surface area contributed by atoms with Gasteiger partial charge in [-0.05, 0) is 89.9 Å².